The first-order valence-corrected chi connectivity index (χ1v) is 18.2. The minimum absolute atomic E-state index is 0.0303. The zero-order chi connectivity index (χ0) is 30.7. The number of carbonyl (C=O) groups is 1. The molecule has 0 saturated heterocycles. The summed E-state index contributed by atoms with van der Waals surface area (Å²) in [5, 5.41) is 0. The lowest BCUT2D eigenvalue weighted by atomic mass is 10.1. The van der Waals surface area contributed by atoms with Gasteiger partial charge in [0.2, 0.25) is 0 Å². The SMILES string of the molecule is CCCCCCCCCCCCCC(=O)OC(COCCCCCCCCCC)COP(=O)([O-])OCC[N+](C)(C)C. The molecule has 0 saturated carbocycles. The van der Waals surface area contributed by atoms with E-state index >= 15 is 0 Å². The maximum absolute atomic E-state index is 12.5. The van der Waals surface area contributed by atoms with Crippen LogP contribution in [-0.4, -0.2) is 70.7 Å². The highest BCUT2D eigenvalue weighted by Gasteiger charge is 2.20. The number of phosphoric ester groups is 1. The van der Waals surface area contributed by atoms with Gasteiger partial charge in [0.05, 0.1) is 34.4 Å². The van der Waals surface area contributed by atoms with Crippen molar-refractivity contribution < 1.29 is 37.3 Å². The summed E-state index contributed by atoms with van der Waals surface area (Å²) in [6, 6.07) is 0. The summed E-state index contributed by atoms with van der Waals surface area (Å²) in [6.45, 7) is 5.38. The van der Waals surface area contributed by atoms with Gasteiger partial charge in [-0.3, -0.25) is 9.36 Å². The lowest BCUT2D eigenvalue weighted by Crippen LogP contribution is -2.37. The Bertz CT molecular complexity index is 642. The lowest BCUT2D eigenvalue weighted by Gasteiger charge is -2.28. The van der Waals surface area contributed by atoms with Gasteiger partial charge in [0.15, 0.2) is 0 Å². The van der Waals surface area contributed by atoms with Crippen molar-refractivity contribution in [2.24, 2.45) is 0 Å². The van der Waals surface area contributed by atoms with E-state index in [4.69, 9.17) is 18.5 Å². The van der Waals surface area contributed by atoms with Crippen LogP contribution < -0.4 is 4.89 Å². The van der Waals surface area contributed by atoms with Crippen molar-refractivity contribution in [2.45, 2.75) is 148 Å². The van der Waals surface area contributed by atoms with Crippen molar-refractivity contribution in [2.75, 3.05) is 54.1 Å². The molecule has 0 aliphatic heterocycles. The topological polar surface area (TPSA) is 94.1 Å². The van der Waals surface area contributed by atoms with E-state index in [9.17, 15) is 14.3 Å². The van der Waals surface area contributed by atoms with E-state index in [0.717, 1.165) is 32.1 Å². The summed E-state index contributed by atoms with van der Waals surface area (Å²) < 4.78 is 34.2. The summed E-state index contributed by atoms with van der Waals surface area (Å²) in [5.41, 5.74) is 0. The molecule has 0 N–H and O–H groups in total. The number of quaternary nitrogens is 1. The molecule has 0 aromatic heterocycles. The molecule has 0 aromatic rings. The van der Waals surface area contributed by atoms with Gasteiger partial charge in [-0.15, -0.1) is 0 Å². The van der Waals surface area contributed by atoms with Crippen molar-refractivity contribution in [1.82, 2.24) is 0 Å². The van der Waals surface area contributed by atoms with E-state index in [-0.39, 0.29) is 25.8 Å². The Kier molecular flexibility index (Phi) is 26.7. The molecule has 0 rings (SSSR count). The number of ether oxygens (including phenoxy) is 2. The van der Waals surface area contributed by atoms with E-state index in [1.165, 1.54) is 89.9 Å². The highest BCUT2D eigenvalue weighted by atomic mass is 31.2. The molecule has 0 spiro atoms. The second kappa shape index (κ2) is 27.1. The average molecular weight is 608 g/mol. The largest absolute Gasteiger partial charge is 0.756 e. The van der Waals surface area contributed by atoms with Crippen molar-refractivity contribution in [1.29, 1.82) is 0 Å². The molecule has 0 aromatic carbocycles. The van der Waals surface area contributed by atoms with Gasteiger partial charge in [-0.05, 0) is 12.8 Å². The van der Waals surface area contributed by atoms with Crippen molar-refractivity contribution in [3.05, 3.63) is 0 Å². The predicted molar refractivity (Wildman–Crippen MR) is 167 cm³/mol. The van der Waals surface area contributed by atoms with Crippen LogP contribution in [0.1, 0.15) is 142 Å². The van der Waals surface area contributed by atoms with Crippen LogP contribution in [0.4, 0.5) is 0 Å². The van der Waals surface area contributed by atoms with Crippen LogP contribution in [0.2, 0.25) is 0 Å². The van der Waals surface area contributed by atoms with Crippen LogP contribution in [0, 0.1) is 0 Å². The van der Waals surface area contributed by atoms with E-state index in [1.54, 1.807) is 0 Å². The van der Waals surface area contributed by atoms with E-state index in [2.05, 4.69) is 13.8 Å². The summed E-state index contributed by atoms with van der Waals surface area (Å²) in [4.78, 5) is 24.7. The van der Waals surface area contributed by atoms with Crippen LogP contribution in [-0.2, 0) is 27.9 Å². The van der Waals surface area contributed by atoms with Crippen LogP contribution >= 0.6 is 7.82 Å². The molecule has 8 nitrogen and oxygen atoms in total. The molecule has 0 heterocycles. The highest BCUT2D eigenvalue weighted by molar-refractivity contribution is 7.45. The molecule has 0 aliphatic rings. The number of esters is 1. The Labute approximate surface area is 253 Å². The zero-order valence-corrected chi connectivity index (χ0v) is 28.4. The molecule has 0 aliphatic carbocycles. The summed E-state index contributed by atoms with van der Waals surface area (Å²) in [6.07, 6.45) is 22.5. The second-order valence-corrected chi connectivity index (χ2v) is 13.9. The highest BCUT2D eigenvalue weighted by Crippen LogP contribution is 2.38. The smallest absolute Gasteiger partial charge is 0.306 e. The van der Waals surface area contributed by atoms with Crippen LogP contribution in [0.15, 0.2) is 0 Å². The van der Waals surface area contributed by atoms with Gasteiger partial charge in [-0.1, -0.05) is 123 Å². The van der Waals surface area contributed by atoms with E-state index in [0.29, 0.717) is 24.1 Å². The fourth-order valence-electron chi connectivity index (χ4n) is 4.49. The zero-order valence-electron chi connectivity index (χ0n) is 27.5. The summed E-state index contributed by atoms with van der Waals surface area (Å²) >= 11 is 0. The van der Waals surface area contributed by atoms with Gasteiger partial charge in [0, 0.05) is 13.0 Å². The Morgan fingerprint density at radius 1 is 0.659 bits per heavy atom. The summed E-state index contributed by atoms with van der Waals surface area (Å²) in [7, 11) is 1.36. The van der Waals surface area contributed by atoms with Crippen molar-refractivity contribution in [3.63, 3.8) is 0 Å². The molecule has 0 radical (unpaired) electrons. The van der Waals surface area contributed by atoms with E-state index in [1.807, 2.05) is 21.1 Å². The average Bonchev–Trinajstić information content (AvgIpc) is 2.90. The number of hydrogen-bond acceptors (Lipinski definition) is 7. The quantitative estimate of drug-likeness (QED) is 0.0341. The number of rotatable bonds is 31. The number of carbonyl (C=O) groups excluding carboxylic acids is 1. The van der Waals surface area contributed by atoms with Crippen molar-refractivity contribution >= 4 is 13.8 Å². The second-order valence-electron chi connectivity index (χ2n) is 12.5. The number of phosphoric acid groups is 1. The molecule has 41 heavy (non-hydrogen) atoms. The molecule has 2 unspecified atom stereocenters. The normalized spacial score (nSPS) is 14.2. The third kappa shape index (κ3) is 30.8. The molecule has 246 valence electrons. The molecule has 0 fully saturated rings. The van der Waals surface area contributed by atoms with Gasteiger partial charge < -0.3 is 27.9 Å². The monoisotopic (exact) mass is 607 g/mol. The lowest BCUT2D eigenvalue weighted by molar-refractivity contribution is -0.870. The Morgan fingerprint density at radius 2 is 1.12 bits per heavy atom. The number of likely N-dealkylation sites (N-methyl/N-ethyl adjacent to an activating group) is 1. The van der Waals surface area contributed by atoms with Crippen LogP contribution in [0.5, 0.6) is 0 Å². The fraction of sp³-hybridized carbons (Fsp3) is 0.969. The minimum atomic E-state index is -4.50. The van der Waals surface area contributed by atoms with Gasteiger partial charge in [-0.25, -0.2) is 0 Å². The van der Waals surface area contributed by atoms with Crippen LogP contribution in [0.3, 0.4) is 0 Å². The first kappa shape index (κ1) is 40.5. The van der Waals surface area contributed by atoms with Gasteiger partial charge in [0.1, 0.15) is 19.3 Å². The first-order chi connectivity index (χ1) is 19.6. The first-order valence-electron chi connectivity index (χ1n) is 16.8. The molecule has 2 atom stereocenters. The Hall–Kier alpha value is -0.500. The van der Waals surface area contributed by atoms with E-state index < -0.39 is 13.9 Å². The maximum Gasteiger partial charge on any atom is 0.306 e. The standard InChI is InChI=1S/C32H66NO7P/c1-6-8-10-12-14-16-17-18-19-21-23-25-32(34)40-31(29-37-27-24-22-20-15-13-11-9-7-2)30-39-41(35,36)38-28-26-33(3,4)5/h31H,6-30H2,1-5H3. The molecule has 9 heteroatoms. The van der Waals surface area contributed by atoms with Crippen LogP contribution in [0.25, 0.3) is 0 Å². The molecular weight excluding hydrogens is 541 g/mol. The third-order valence-corrected chi connectivity index (χ3v) is 8.12. The van der Waals surface area contributed by atoms with Gasteiger partial charge in [0.25, 0.3) is 7.82 Å². The maximum atomic E-state index is 12.5. The number of nitrogens with zero attached hydrogens (tertiary/aromatic N) is 1. The molecule has 0 amide bonds. The number of unbranched alkanes of at least 4 members (excludes halogenated alkanes) is 17. The summed E-state index contributed by atoms with van der Waals surface area (Å²) in [5.74, 6) is -0.336. The minimum Gasteiger partial charge on any atom is -0.756 e. The van der Waals surface area contributed by atoms with Crippen molar-refractivity contribution in [3.8, 4) is 0 Å². The fourth-order valence-corrected chi connectivity index (χ4v) is 5.21. The molecule has 0 bridgehead atoms. The Balaban J connectivity index is 4.34. The number of hydrogen-bond donors (Lipinski definition) is 0. The van der Waals surface area contributed by atoms with Gasteiger partial charge in [-0.2, -0.15) is 0 Å². The molecular formula is C32H66NO7P. The Morgan fingerprint density at radius 3 is 1.61 bits per heavy atom. The van der Waals surface area contributed by atoms with Gasteiger partial charge >= 0.3 is 5.97 Å². The predicted octanol–water partition coefficient (Wildman–Crippen LogP) is 7.96. The third-order valence-electron chi connectivity index (χ3n) is 7.16.